The van der Waals surface area contributed by atoms with Gasteiger partial charge >= 0.3 is 0 Å². The first-order chi connectivity index (χ1) is 7.20. The Hall–Kier alpha value is -1.71. The van der Waals surface area contributed by atoms with E-state index in [1.165, 1.54) is 5.56 Å². The van der Waals surface area contributed by atoms with Crippen molar-refractivity contribution in [2.75, 3.05) is 0 Å². The lowest BCUT2D eigenvalue weighted by atomic mass is 9.97. The Morgan fingerprint density at radius 1 is 1.20 bits per heavy atom. The van der Waals surface area contributed by atoms with Crippen molar-refractivity contribution in [3.8, 4) is 11.4 Å². The molecule has 0 aliphatic carbocycles. The number of hydrogen-bond acceptors (Lipinski definition) is 3. The van der Waals surface area contributed by atoms with E-state index >= 15 is 0 Å². The highest BCUT2D eigenvalue weighted by Crippen LogP contribution is 2.26. The second-order valence-electron chi connectivity index (χ2n) is 3.87. The molecule has 0 amide bonds. The summed E-state index contributed by atoms with van der Waals surface area (Å²) in [5.74, 6) is 1.29. The van der Waals surface area contributed by atoms with E-state index in [2.05, 4.69) is 41.5 Å². The number of aromatic nitrogens is 4. The van der Waals surface area contributed by atoms with Crippen LogP contribution >= 0.6 is 0 Å². The fraction of sp³-hybridized carbons (Fsp3) is 0.364. The lowest BCUT2D eigenvalue weighted by molar-refractivity contribution is 0.713. The normalized spacial score (nSPS) is 10.9. The maximum atomic E-state index is 4.03. The summed E-state index contributed by atoms with van der Waals surface area (Å²) in [7, 11) is 1.85. The smallest absolute Gasteiger partial charge is 0.182 e. The van der Waals surface area contributed by atoms with Gasteiger partial charge in [-0.15, -0.1) is 5.10 Å². The lowest BCUT2D eigenvalue weighted by Crippen LogP contribution is -1.99. The molecule has 1 heterocycles. The molecule has 2 rings (SSSR count). The van der Waals surface area contributed by atoms with Crippen LogP contribution in [-0.2, 0) is 7.05 Å². The van der Waals surface area contributed by atoms with Crippen molar-refractivity contribution < 1.29 is 0 Å². The van der Waals surface area contributed by atoms with E-state index in [4.69, 9.17) is 0 Å². The molecule has 0 saturated carbocycles. The summed E-state index contributed by atoms with van der Waals surface area (Å²) in [5, 5.41) is 11.5. The van der Waals surface area contributed by atoms with Crippen LogP contribution < -0.4 is 0 Å². The highest BCUT2D eigenvalue weighted by Gasteiger charge is 2.12. The summed E-state index contributed by atoms with van der Waals surface area (Å²) in [5.41, 5.74) is 2.38. The molecule has 15 heavy (non-hydrogen) atoms. The fourth-order valence-corrected chi connectivity index (χ4v) is 1.66. The molecule has 0 unspecified atom stereocenters. The summed E-state index contributed by atoms with van der Waals surface area (Å²) in [6, 6.07) is 8.23. The summed E-state index contributed by atoms with van der Waals surface area (Å²) >= 11 is 0. The van der Waals surface area contributed by atoms with Crippen LogP contribution in [0.1, 0.15) is 25.3 Å². The van der Waals surface area contributed by atoms with Gasteiger partial charge in [0.1, 0.15) is 0 Å². The standard InChI is InChI=1S/C11H14N4/c1-8(2)9-6-4-5-7-10(9)11-12-13-14-15(11)3/h4-8H,1-3H3. The topological polar surface area (TPSA) is 43.6 Å². The van der Waals surface area contributed by atoms with Crippen LogP contribution in [0.25, 0.3) is 11.4 Å². The largest absolute Gasteiger partial charge is 0.229 e. The second-order valence-corrected chi connectivity index (χ2v) is 3.87. The van der Waals surface area contributed by atoms with E-state index in [0.29, 0.717) is 5.92 Å². The van der Waals surface area contributed by atoms with Gasteiger partial charge in [0.2, 0.25) is 0 Å². The van der Waals surface area contributed by atoms with Gasteiger partial charge in [-0.1, -0.05) is 38.1 Å². The molecule has 0 radical (unpaired) electrons. The Bertz CT molecular complexity index is 459. The van der Waals surface area contributed by atoms with Gasteiger partial charge in [0.25, 0.3) is 0 Å². The van der Waals surface area contributed by atoms with Gasteiger partial charge in [-0.05, 0) is 21.9 Å². The number of hydrogen-bond donors (Lipinski definition) is 0. The summed E-state index contributed by atoms with van der Waals surface area (Å²) in [6.07, 6.45) is 0. The predicted molar refractivity (Wildman–Crippen MR) is 58.3 cm³/mol. The molecule has 4 nitrogen and oxygen atoms in total. The van der Waals surface area contributed by atoms with Gasteiger partial charge in [0.15, 0.2) is 5.82 Å². The van der Waals surface area contributed by atoms with Crippen LogP contribution in [0.2, 0.25) is 0 Å². The number of benzene rings is 1. The zero-order chi connectivity index (χ0) is 10.8. The van der Waals surface area contributed by atoms with Crippen LogP contribution in [-0.4, -0.2) is 20.2 Å². The molecular weight excluding hydrogens is 188 g/mol. The number of tetrazole rings is 1. The highest BCUT2D eigenvalue weighted by atomic mass is 15.5. The summed E-state index contributed by atoms with van der Waals surface area (Å²) in [6.45, 7) is 4.34. The van der Waals surface area contributed by atoms with Crippen molar-refractivity contribution in [1.82, 2.24) is 20.2 Å². The molecule has 4 heteroatoms. The van der Waals surface area contributed by atoms with E-state index in [9.17, 15) is 0 Å². The van der Waals surface area contributed by atoms with E-state index in [1.807, 2.05) is 19.2 Å². The fourth-order valence-electron chi connectivity index (χ4n) is 1.66. The molecule has 0 spiro atoms. The second kappa shape index (κ2) is 3.81. The molecule has 0 fully saturated rings. The minimum absolute atomic E-state index is 0.470. The van der Waals surface area contributed by atoms with Crippen molar-refractivity contribution in [2.45, 2.75) is 19.8 Å². The maximum Gasteiger partial charge on any atom is 0.182 e. The van der Waals surface area contributed by atoms with Crippen molar-refractivity contribution in [3.05, 3.63) is 29.8 Å². The van der Waals surface area contributed by atoms with E-state index in [-0.39, 0.29) is 0 Å². The average Bonchev–Trinajstić information content (AvgIpc) is 2.64. The molecule has 0 atom stereocenters. The van der Waals surface area contributed by atoms with Gasteiger partial charge in [-0.2, -0.15) is 0 Å². The van der Waals surface area contributed by atoms with Crippen LogP contribution in [0.15, 0.2) is 24.3 Å². The van der Waals surface area contributed by atoms with Crippen molar-refractivity contribution in [3.63, 3.8) is 0 Å². The van der Waals surface area contributed by atoms with Gasteiger partial charge in [-0.3, -0.25) is 0 Å². The van der Waals surface area contributed by atoms with Crippen molar-refractivity contribution in [2.24, 2.45) is 7.05 Å². The zero-order valence-corrected chi connectivity index (χ0v) is 9.18. The van der Waals surface area contributed by atoms with Crippen molar-refractivity contribution in [1.29, 1.82) is 0 Å². The van der Waals surface area contributed by atoms with E-state index in [0.717, 1.165) is 11.4 Å². The molecule has 0 bridgehead atoms. The first-order valence-electron chi connectivity index (χ1n) is 5.02. The third-order valence-electron chi connectivity index (χ3n) is 2.44. The minimum atomic E-state index is 0.470. The van der Waals surface area contributed by atoms with Gasteiger partial charge in [0, 0.05) is 12.6 Å². The molecular formula is C11H14N4. The Labute approximate surface area is 88.9 Å². The van der Waals surface area contributed by atoms with Crippen LogP contribution in [0, 0.1) is 0 Å². The molecule has 1 aromatic carbocycles. The summed E-state index contributed by atoms with van der Waals surface area (Å²) < 4.78 is 1.70. The Morgan fingerprint density at radius 3 is 2.53 bits per heavy atom. The number of rotatable bonds is 2. The summed E-state index contributed by atoms with van der Waals surface area (Å²) in [4.78, 5) is 0. The van der Waals surface area contributed by atoms with Crippen LogP contribution in [0.3, 0.4) is 0 Å². The quantitative estimate of drug-likeness (QED) is 0.748. The van der Waals surface area contributed by atoms with E-state index in [1.54, 1.807) is 4.68 Å². The van der Waals surface area contributed by atoms with Gasteiger partial charge in [-0.25, -0.2) is 4.68 Å². The molecule has 0 N–H and O–H groups in total. The number of aryl methyl sites for hydroxylation is 1. The SMILES string of the molecule is CC(C)c1ccccc1-c1nnnn1C. The molecule has 0 aliphatic heterocycles. The third kappa shape index (κ3) is 1.75. The molecule has 0 saturated heterocycles. The first kappa shape index (κ1) is 9.83. The molecule has 0 aliphatic rings. The Kier molecular flexibility index (Phi) is 2.49. The zero-order valence-electron chi connectivity index (χ0n) is 9.18. The Morgan fingerprint density at radius 2 is 1.93 bits per heavy atom. The maximum absolute atomic E-state index is 4.03. The minimum Gasteiger partial charge on any atom is -0.229 e. The monoisotopic (exact) mass is 202 g/mol. The molecule has 2 aromatic rings. The molecule has 78 valence electrons. The van der Waals surface area contributed by atoms with Gasteiger partial charge < -0.3 is 0 Å². The number of nitrogens with zero attached hydrogens (tertiary/aromatic N) is 4. The average molecular weight is 202 g/mol. The lowest BCUT2D eigenvalue weighted by Gasteiger charge is -2.10. The third-order valence-corrected chi connectivity index (χ3v) is 2.44. The molecule has 1 aromatic heterocycles. The van der Waals surface area contributed by atoms with Crippen LogP contribution in [0.4, 0.5) is 0 Å². The first-order valence-corrected chi connectivity index (χ1v) is 5.02. The van der Waals surface area contributed by atoms with Crippen LogP contribution in [0.5, 0.6) is 0 Å². The Balaban J connectivity index is 2.58. The van der Waals surface area contributed by atoms with Gasteiger partial charge in [0.05, 0.1) is 0 Å². The van der Waals surface area contributed by atoms with E-state index < -0.39 is 0 Å². The van der Waals surface area contributed by atoms with Crippen molar-refractivity contribution >= 4 is 0 Å². The predicted octanol–water partition coefficient (Wildman–Crippen LogP) is 2.00. The highest BCUT2D eigenvalue weighted by molar-refractivity contribution is 5.60.